The Morgan fingerprint density at radius 3 is 2.79 bits per heavy atom. The second-order valence-electron chi connectivity index (χ2n) is 3.75. The van der Waals surface area contributed by atoms with Crippen LogP contribution in [0.25, 0.3) is 0 Å². The molecule has 0 radical (unpaired) electrons. The van der Waals surface area contributed by atoms with Crippen molar-refractivity contribution >= 4 is 30.2 Å². The van der Waals surface area contributed by atoms with E-state index in [9.17, 15) is 0 Å². The first-order chi connectivity index (χ1) is 6.86. The van der Waals surface area contributed by atoms with Crippen molar-refractivity contribution in [2.45, 2.75) is 42.4 Å². The summed E-state index contributed by atoms with van der Waals surface area (Å²) in [4.78, 5) is 4.62. The average molecular weight is 225 g/mol. The van der Waals surface area contributed by atoms with Gasteiger partial charge in [-0.2, -0.15) is 0 Å². The fourth-order valence-corrected chi connectivity index (χ4v) is 2.74. The van der Waals surface area contributed by atoms with E-state index in [4.69, 9.17) is 0 Å². The van der Waals surface area contributed by atoms with E-state index in [1.54, 1.807) is 11.3 Å². The summed E-state index contributed by atoms with van der Waals surface area (Å²) in [6, 6.07) is 2.65. The highest BCUT2D eigenvalue weighted by molar-refractivity contribution is 7.83. The first-order valence-corrected chi connectivity index (χ1v) is 6.48. The minimum atomic E-state index is 0.566. The fourth-order valence-electron chi connectivity index (χ4n) is 1.83. The van der Waals surface area contributed by atoms with Crippen molar-refractivity contribution in [2.75, 3.05) is 0 Å². The van der Waals surface area contributed by atoms with Crippen molar-refractivity contribution in [3.63, 3.8) is 0 Å². The molecule has 1 heterocycles. The van der Waals surface area contributed by atoms with Crippen molar-refractivity contribution in [3.05, 3.63) is 17.0 Å². The summed E-state index contributed by atoms with van der Waals surface area (Å²) in [7, 11) is 0. The van der Waals surface area contributed by atoms with Gasteiger partial charge in [-0.25, -0.2) is 0 Å². The molecule has 1 aromatic heterocycles. The summed E-state index contributed by atoms with van der Waals surface area (Å²) in [6.07, 6.45) is 8.61. The normalized spacial score (nSPS) is 19.2. The number of thiophene rings is 1. The van der Waals surface area contributed by atoms with Gasteiger partial charge in [0.15, 0.2) is 0 Å². The van der Waals surface area contributed by atoms with Crippen molar-refractivity contribution in [3.8, 4) is 0 Å². The summed E-state index contributed by atoms with van der Waals surface area (Å²) in [6.45, 7) is 0. The number of thiol groups is 1. The monoisotopic (exact) mass is 225 g/mol. The molecule has 1 aromatic rings. The van der Waals surface area contributed by atoms with E-state index in [2.05, 4.69) is 29.1 Å². The van der Waals surface area contributed by atoms with E-state index in [1.807, 2.05) is 6.21 Å². The molecule has 0 aliphatic heterocycles. The SMILES string of the molecule is Sc1sccc1C=NC1CCCCC1. The molecule has 0 saturated heterocycles. The lowest BCUT2D eigenvalue weighted by molar-refractivity contribution is 0.444. The van der Waals surface area contributed by atoms with Crippen LogP contribution in [0.3, 0.4) is 0 Å². The van der Waals surface area contributed by atoms with Crippen LogP contribution in [-0.2, 0) is 0 Å². The van der Waals surface area contributed by atoms with E-state index in [0.29, 0.717) is 6.04 Å². The highest BCUT2D eigenvalue weighted by Gasteiger charge is 2.10. The molecule has 0 atom stereocenters. The van der Waals surface area contributed by atoms with E-state index in [-0.39, 0.29) is 0 Å². The number of aliphatic imine (C=N–C) groups is 1. The van der Waals surface area contributed by atoms with Crippen molar-refractivity contribution in [1.29, 1.82) is 0 Å². The number of nitrogens with zero attached hydrogens (tertiary/aromatic N) is 1. The number of rotatable bonds is 2. The third-order valence-corrected chi connectivity index (χ3v) is 3.98. The molecule has 1 fully saturated rings. The van der Waals surface area contributed by atoms with Gasteiger partial charge in [0.25, 0.3) is 0 Å². The third kappa shape index (κ3) is 2.61. The van der Waals surface area contributed by atoms with Gasteiger partial charge in [-0.3, -0.25) is 4.99 Å². The molecule has 3 heteroatoms. The number of hydrogen-bond donors (Lipinski definition) is 1. The Morgan fingerprint density at radius 1 is 1.36 bits per heavy atom. The molecule has 0 spiro atoms. The van der Waals surface area contributed by atoms with Gasteiger partial charge in [-0.1, -0.05) is 19.3 Å². The first-order valence-electron chi connectivity index (χ1n) is 5.16. The van der Waals surface area contributed by atoms with Crippen LogP contribution >= 0.6 is 24.0 Å². The van der Waals surface area contributed by atoms with Crippen molar-refractivity contribution < 1.29 is 0 Å². The van der Waals surface area contributed by atoms with Gasteiger partial charge < -0.3 is 0 Å². The van der Waals surface area contributed by atoms with Gasteiger partial charge in [0.1, 0.15) is 0 Å². The summed E-state index contributed by atoms with van der Waals surface area (Å²) in [5, 5.41) is 2.06. The molecule has 2 rings (SSSR count). The molecule has 1 saturated carbocycles. The van der Waals surface area contributed by atoms with Crippen LogP contribution in [0.5, 0.6) is 0 Å². The zero-order chi connectivity index (χ0) is 9.80. The van der Waals surface area contributed by atoms with Gasteiger partial charge in [-0.15, -0.1) is 24.0 Å². The summed E-state index contributed by atoms with van der Waals surface area (Å²) in [5.74, 6) is 0. The molecule has 1 nitrogen and oxygen atoms in total. The van der Waals surface area contributed by atoms with Gasteiger partial charge in [0, 0.05) is 17.8 Å². The van der Waals surface area contributed by atoms with Crippen LogP contribution in [0.15, 0.2) is 20.6 Å². The van der Waals surface area contributed by atoms with Crippen LogP contribution in [-0.4, -0.2) is 12.3 Å². The Kier molecular flexibility index (Phi) is 3.65. The Hall–Kier alpha value is -0.280. The molecular formula is C11H15NS2. The van der Waals surface area contributed by atoms with E-state index in [1.165, 1.54) is 37.7 Å². The minimum Gasteiger partial charge on any atom is -0.289 e. The quantitative estimate of drug-likeness (QED) is 0.581. The second-order valence-corrected chi connectivity index (χ2v) is 5.42. The van der Waals surface area contributed by atoms with Crippen LogP contribution in [0, 0.1) is 0 Å². The maximum atomic E-state index is 4.62. The molecular weight excluding hydrogens is 210 g/mol. The zero-order valence-corrected chi connectivity index (χ0v) is 9.86. The molecule has 0 amide bonds. The van der Waals surface area contributed by atoms with Crippen LogP contribution in [0.1, 0.15) is 37.7 Å². The van der Waals surface area contributed by atoms with E-state index < -0.39 is 0 Å². The van der Waals surface area contributed by atoms with Crippen molar-refractivity contribution in [1.82, 2.24) is 0 Å². The molecule has 0 N–H and O–H groups in total. The molecule has 0 aromatic carbocycles. The lowest BCUT2D eigenvalue weighted by Crippen LogP contribution is -2.09. The largest absolute Gasteiger partial charge is 0.289 e. The van der Waals surface area contributed by atoms with E-state index in [0.717, 1.165) is 4.21 Å². The van der Waals surface area contributed by atoms with Crippen LogP contribution in [0.4, 0.5) is 0 Å². The Balaban J connectivity index is 1.95. The summed E-state index contributed by atoms with van der Waals surface area (Å²) >= 11 is 6.04. The molecule has 1 aliphatic rings. The standard InChI is InChI=1S/C11H15NS2/c13-11-9(6-7-14-11)8-12-10-4-2-1-3-5-10/h6-8,10,13H,1-5H2. The maximum absolute atomic E-state index is 4.62. The Labute approximate surface area is 94.7 Å². The van der Waals surface area contributed by atoms with Gasteiger partial charge >= 0.3 is 0 Å². The number of hydrogen-bond acceptors (Lipinski definition) is 3. The topological polar surface area (TPSA) is 12.4 Å². The van der Waals surface area contributed by atoms with Gasteiger partial charge in [0.05, 0.1) is 4.21 Å². The predicted octanol–water partition coefficient (Wildman–Crippen LogP) is 3.79. The maximum Gasteiger partial charge on any atom is 0.0655 e. The third-order valence-electron chi connectivity index (χ3n) is 2.67. The molecule has 14 heavy (non-hydrogen) atoms. The lowest BCUT2D eigenvalue weighted by Gasteiger charge is -2.16. The molecule has 0 bridgehead atoms. The summed E-state index contributed by atoms with van der Waals surface area (Å²) in [5.41, 5.74) is 1.17. The zero-order valence-electron chi connectivity index (χ0n) is 8.15. The second kappa shape index (κ2) is 4.99. The Morgan fingerprint density at radius 2 is 2.14 bits per heavy atom. The Bertz CT molecular complexity index is 311. The molecule has 1 aliphatic carbocycles. The van der Waals surface area contributed by atoms with E-state index >= 15 is 0 Å². The lowest BCUT2D eigenvalue weighted by atomic mass is 9.96. The predicted molar refractivity (Wildman–Crippen MR) is 66.0 cm³/mol. The fraction of sp³-hybridized carbons (Fsp3) is 0.545. The van der Waals surface area contributed by atoms with Gasteiger partial charge in [0.2, 0.25) is 0 Å². The highest BCUT2D eigenvalue weighted by atomic mass is 32.2. The summed E-state index contributed by atoms with van der Waals surface area (Å²) < 4.78 is 1.07. The smallest absolute Gasteiger partial charge is 0.0655 e. The average Bonchev–Trinajstić information content (AvgIpc) is 2.63. The first kappa shape index (κ1) is 10.2. The molecule has 0 unspecified atom stereocenters. The van der Waals surface area contributed by atoms with Crippen LogP contribution in [0.2, 0.25) is 0 Å². The van der Waals surface area contributed by atoms with Crippen molar-refractivity contribution in [2.24, 2.45) is 4.99 Å². The van der Waals surface area contributed by atoms with Crippen LogP contribution < -0.4 is 0 Å². The molecule has 76 valence electrons. The minimum absolute atomic E-state index is 0.566. The van der Waals surface area contributed by atoms with Gasteiger partial charge in [-0.05, 0) is 24.3 Å². The highest BCUT2D eigenvalue weighted by Crippen LogP contribution is 2.22.